The lowest BCUT2D eigenvalue weighted by Gasteiger charge is -2.34. The summed E-state index contributed by atoms with van der Waals surface area (Å²) in [5.41, 5.74) is 0. The number of alkyl halides is 12. The van der Waals surface area contributed by atoms with Gasteiger partial charge in [0.25, 0.3) is 0 Å². The molecule has 144 valence electrons. The Morgan fingerprint density at radius 2 is 1.04 bits per heavy atom. The second-order valence-corrected chi connectivity index (χ2v) is 4.04. The van der Waals surface area contributed by atoms with Gasteiger partial charge in [-0.25, -0.2) is 14.3 Å². The number of hydrogen-bond donors (Lipinski definition) is 1. The van der Waals surface area contributed by atoms with Gasteiger partial charge in [0.1, 0.15) is 0 Å². The Kier molecular flexibility index (Phi) is 5.47. The summed E-state index contributed by atoms with van der Waals surface area (Å²) in [5, 5.41) is 7.68. The molecule has 4 nitrogen and oxygen atoms in total. The Morgan fingerprint density at radius 3 is 1.33 bits per heavy atom. The minimum absolute atomic E-state index is 0.907. The number of carbonyl (C=O) groups is 1. The fourth-order valence-corrected chi connectivity index (χ4v) is 0.804. The standard InChI is InChI=1S/C8H4F12O4/c1-3(9,10)5(13,14)6(15,16)24-8(19,20)7(17,18)23-4(11,12)2(21)22/h1H3,(H,21,22). The predicted octanol–water partition coefficient (Wildman–Crippen LogP) is 3.77. The monoisotopic (exact) mass is 392 g/mol. The second kappa shape index (κ2) is 5.82. The molecule has 0 saturated carbocycles. The number of rotatable bonds is 8. The van der Waals surface area contributed by atoms with Crippen LogP contribution in [0.2, 0.25) is 0 Å². The van der Waals surface area contributed by atoms with Crippen LogP contribution in [0, 0.1) is 0 Å². The summed E-state index contributed by atoms with van der Waals surface area (Å²) in [7, 11) is 0. The summed E-state index contributed by atoms with van der Waals surface area (Å²) < 4.78 is 154. The number of hydrogen-bond acceptors (Lipinski definition) is 3. The third kappa shape index (κ3) is 4.14. The first-order valence-electron chi connectivity index (χ1n) is 5.01. The summed E-state index contributed by atoms with van der Waals surface area (Å²) in [6.07, 6.45) is -27.1. The van der Waals surface area contributed by atoms with Gasteiger partial charge in [-0.05, 0) is 0 Å². The van der Waals surface area contributed by atoms with E-state index in [1.807, 2.05) is 0 Å². The van der Waals surface area contributed by atoms with Crippen molar-refractivity contribution in [2.75, 3.05) is 0 Å². The zero-order valence-electron chi connectivity index (χ0n) is 10.7. The van der Waals surface area contributed by atoms with Crippen molar-refractivity contribution in [2.24, 2.45) is 0 Å². The normalized spacial score (nSPS) is 15.5. The highest BCUT2D eigenvalue weighted by atomic mass is 19.4. The van der Waals surface area contributed by atoms with Crippen LogP contribution in [0.4, 0.5) is 52.7 Å². The molecular formula is C8H4F12O4. The average Bonchev–Trinajstić information content (AvgIpc) is 2.23. The van der Waals surface area contributed by atoms with Crippen molar-refractivity contribution >= 4 is 5.97 Å². The molecule has 16 heteroatoms. The van der Waals surface area contributed by atoms with Gasteiger partial charge >= 0.3 is 42.2 Å². The summed E-state index contributed by atoms with van der Waals surface area (Å²) in [5.74, 6) is -16.1. The molecule has 0 radical (unpaired) electrons. The Labute approximate surface area is 122 Å². The molecule has 1 N–H and O–H groups in total. The maximum Gasteiger partial charge on any atom is 0.460 e. The van der Waals surface area contributed by atoms with Gasteiger partial charge in [0.2, 0.25) is 0 Å². The SMILES string of the molecule is CC(F)(F)C(F)(F)C(F)(F)OC(F)(F)C(F)(F)OC(F)(F)C(=O)O. The zero-order chi connectivity index (χ0) is 20.0. The van der Waals surface area contributed by atoms with Crippen LogP contribution in [0.25, 0.3) is 0 Å². The van der Waals surface area contributed by atoms with Crippen molar-refractivity contribution in [1.29, 1.82) is 0 Å². The highest BCUT2D eigenvalue weighted by Crippen LogP contribution is 2.51. The molecule has 0 aliphatic heterocycles. The molecular weight excluding hydrogens is 388 g/mol. The third-order valence-electron chi connectivity index (χ3n) is 2.02. The van der Waals surface area contributed by atoms with Crippen LogP contribution in [0.3, 0.4) is 0 Å². The van der Waals surface area contributed by atoms with Crippen LogP contribution in [0.1, 0.15) is 6.92 Å². The van der Waals surface area contributed by atoms with Crippen molar-refractivity contribution in [3.63, 3.8) is 0 Å². The number of carboxylic acid groups (broad SMARTS) is 1. The Bertz CT molecular complexity index is 482. The lowest BCUT2D eigenvalue weighted by molar-refractivity contribution is -0.531. The molecule has 0 rings (SSSR count). The quantitative estimate of drug-likeness (QED) is 0.640. The van der Waals surface area contributed by atoms with E-state index in [4.69, 9.17) is 5.11 Å². The smallest absolute Gasteiger partial charge is 0.460 e. The maximum absolute atomic E-state index is 12.7. The molecule has 24 heavy (non-hydrogen) atoms. The minimum atomic E-state index is -7.07. The van der Waals surface area contributed by atoms with E-state index in [-0.39, 0.29) is 0 Å². The molecule has 0 spiro atoms. The van der Waals surface area contributed by atoms with E-state index in [1.165, 1.54) is 0 Å². The molecule has 0 fully saturated rings. The first kappa shape index (κ1) is 22.6. The molecule has 0 aromatic heterocycles. The van der Waals surface area contributed by atoms with E-state index in [0.29, 0.717) is 0 Å². The number of halogens is 12. The van der Waals surface area contributed by atoms with Crippen molar-refractivity contribution in [3.8, 4) is 0 Å². The van der Waals surface area contributed by atoms with E-state index in [2.05, 4.69) is 0 Å². The molecule has 0 bridgehead atoms. The van der Waals surface area contributed by atoms with Crippen LogP contribution in [0.15, 0.2) is 0 Å². The predicted molar refractivity (Wildman–Crippen MR) is 45.2 cm³/mol. The van der Waals surface area contributed by atoms with E-state index >= 15 is 0 Å². The van der Waals surface area contributed by atoms with Gasteiger partial charge in [-0.2, -0.15) is 52.7 Å². The first-order valence-corrected chi connectivity index (χ1v) is 5.01. The fourth-order valence-electron chi connectivity index (χ4n) is 0.804. The highest BCUT2D eigenvalue weighted by molar-refractivity contribution is 5.73. The molecule has 0 amide bonds. The third-order valence-corrected chi connectivity index (χ3v) is 2.02. The number of aliphatic carboxylic acids is 1. The Morgan fingerprint density at radius 1 is 0.708 bits per heavy atom. The van der Waals surface area contributed by atoms with E-state index < -0.39 is 49.2 Å². The van der Waals surface area contributed by atoms with Crippen LogP contribution in [-0.4, -0.2) is 47.4 Å². The lowest BCUT2D eigenvalue weighted by Crippen LogP contribution is -2.60. The van der Waals surface area contributed by atoms with Gasteiger partial charge in [-0.3, -0.25) is 0 Å². The Balaban J connectivity index is 5.65. The largest absolute Gasteiger partial charge is 0.475 e. The van der Waals surface area contributed by atoms with Crippen molar-refractivity contribution in [2.45, 2.75) is 43.2 Å². The van der Waals surface area contributed by atoms with Gasteiger partial charge in [0.15, 0.2) is 0 Å². The van der Waals surface area contributed by atoms with Crippen LogP contribution >= 0.6 is 0 Å². The molecule has 0 aliphatic rings. The van der Waals surface area contributed by atoms with Gasteiger partial charge in [0.05, 0.1) is 0 Å². The molecule has 0 aromatic carbocycles. The first-order chi connectivity index (χ1) is 10.1. The molecule has 0 aliphatic carbocycles. The van der Waals surface area contributed by atoms with E-state index in [1.54, 1.807) is 9.47 Å². The molecule has 0 saturated heterocycles. The molecule has 0 heterocycles. The van der Waals surface area contributed by atoms with Gasteiger partial charge in [0, 0.05) is 6.92 Å². The van der Waals surface area contributed by atoms with Crippen LogP contribution in [0.5, 0.6) is 0 Å². The lowest BCUT2D eigenvalue weighted by atomic mass is 10.2. The Hall–Kier alpha value is -1.45. The van der Waals surface area contributed by atoms with Crippen molar-refractivity contribution < 1.29 is 72.1 Å². The maximum atomic E-state index is 12.7. The summed E-state index contributed by atoms with van der Waals surface area (Å²) in [6, 6.07) is 0. The van der Waals surface area contributed by atoms with E-state index in [9.17, 15) is 57.5 Å². The van der Waals surface area contributed by atoms with Gasteiger partial charge < -0.3 is 5.11 Å². The van der Waals surface area contributed by atoms with Crippen LogP contribution < -0.4 is 0 Å². The molecule has 0 unspecified atom stereocenters. The van der Waals surface area contributed by atoms with Gasteiger partial charge in [-0.1, -0.05) is 0 Å². The summed E-state index contributed by atoms with van der Waals surface area (Å²) >= 11 is 0. The minimum Gasteiger partial charge on any atom is -0.475 e. The highest BCUT2D eigenvalue weighted by Gasteiger charge is 2.77. The van der Waals surface area contributed by atoms with Gasteiger partial charge in [-0.15, -0.1) is 0 Å². The second-order valence-electron chi connectivity index (χ2n) is 4.04. The number of carboxylic acids is 1. The van der Waals surface area contributed by atoms with Crippen molar-refractivity contribution in [3.05, 3.63) is 0 Å². The zero-order valence-corrected chi connectivity index (χ0v) is 10.7. The average molecular weight is 392 g/mol. The molecule has 0 atom stereocenters. The van der Waals surface area contributed by atoms with Crippen LogP contribution in [-0.2, 0) is 14.3 Å². The molecule has 0 aromatic rings. The number of ether oxygens (including phenoxy) is 2. The summed E-state index contributed by atoms with van der Waals surface area (Å²) in [4.78, 5) is 9.74. The van der Waals surface area contributed by atoms with E-state index in [0.717, 1.165) is 0 Å². The topological polar surface area (TPSA) is 55.8 Å². The fraction of sp³-hybridized carbons (Fsp3) is 0.875. The van der Waals surface area contributed by atoms with Crippen molar-refractivity contribution in [1.82, 2.24) is 0 Å². The summed E-state index contributed by atoms with van der Waals surface area (Å²) in [6.45, 7) is -0.907.